The fourth-order valence-corrected chi connectivity index (χ4v) is 3.55. The standard InChI is InChI=1S/C16H17FN2O4S/c1-10-4-5-13(7-15(10)17)9-18-24(22,23)16-8-14(19(20)21)6-11(2)12(16)3/h4-8,18H,9H2,1-3H3. The van der Waals surface area contributed by atoms with Gasteiger partial charge >= 0.3 is 0 Å². The van der Waals surface area contributed by atoms with Crippen LogP contribution >= 0.6 is 0 Å². The van der Waals surface area contributed by atoms with Gasteiger partial charge in [0.05, 0.1) is 9.82 Å². The number of nitrogens with zero attached hydrogens (tertiary/aromatic N) is 1. The molecule has 0 saturated carbocycles. The summed E-state index contributed by atoms with van der Waals surface area (Å²) < 4.78 is 40.8. The Bertz CT molecular complexity index is 911. The molecule has 0 aliphatic carbocycles. The fraction of sp³-hybridized carbons (Fsp3) is 0.250. The average molecular weight is 352 g/mol. The zero-order chi connectivity index (χ0) is 18.1. The lowest BCUT2D eigenvalue weighted by molar-refractivity contribution is -0.385. The van der Waals surface area contributed by atoms with Crippen LogP contribution in [0, 0.1) is 36.7 Å². The van der Waals surface area contributed by atoms with E-state index >= 15 is 0 Å². The molecule has 6 nitrogen and oxygen atoms in total. The minimum atomic E-state index is -3.97. The number of rotatable bonds is 5. The van der Waals surface area contributed by atoms with Gasteiger partial charge in [-0.25, -0.2) is 17.5 Å². The molecule has 0 unspecified atom stereocenters. The second kappa shape index (κ2) is 6.66. The summed E-state index contributed by atoms with van der Waals surface area (Å²) in [6.45, 7) is 4.69. The largest absolute Gasteiger partial charge is 0.271 e. The Kier molecular flexibility index (Phi) is 5.00. The quantitative estimate of drug-likeness (QED) is 0.661. The fourth-order valence-electron chi connectivity index (χ4n) is 2.20. The van der Waals surface area contributed by atoms with Gasteiger partial charge < -0.3 is 0 Å². The van der Waals surface area contributed by atoms with Gasteiger partial charge in [-0.3, -0.25) is 10.1 Å². The maximum absolute atomic E-state index is 13.5. The number of benzene rings is 2. The van der Waals surface area contributed by atoms with Crippen LogP contribution < -0.4 is 4.72 Å². The first-order valence-electron chi connectivity index (χ1n) is 7.12. The Morgan fingerprint density at radius 1 is 1.12 bits per heavy atom. The van der Waals surface area contributed by atoms with E-state index in [0.717, 1.165) is 6.07 Å². The molecule has 0 heterocycles. The number of non-ortho nitro benzene ring substituents is 1. The van der Waals surface area contributed by atoms with Crippen molar-refractivity contribution in [3.63, 3.8) is 0 Å². The summed E-state index contributed by atoms with van der Waals surface area (Å²) in [5, 5.41) is 10.9. The molecule has 2 aromatic rings. The van der Waals surface area contributed by atoms with E-state index in [2.05, 4.69) is 4.72 Å². The molecule has 0 radical (unpaired) electrons. The Labute approximate surface area is 139 Å². The highest BCUT2D eigenvalue weighted by Gasteiger charge is 2.22. The van der Waals surface area contributed by atoms with E-state index in [-0.39, 0.29) is 17.1 Å². The van der Waals surface area contributed by atoms with E-state index in [1.807, 2.05) is 0 Å². The van der Waals surface area contributed by atoms with E-state index in [0.29, 0.717) is 22.3 Å². The smallest absolute Gasteiger partial charge is 0.258 e. The van der Waals surface area contributed by atoms with E-state index in [4.69, 9.17) is 0 Å². The van der Waals surface area contributed by atoms with Gasteiger partial charge in [0.25, 0.3) is 5.69 Å². The predicted molar refractivity (Wildman–Crippen MR) is 87.7 cm³/mol. The third kappa shape index (κ3) is 3.77. The van der Waals surface area contributed by atoms with Crippen LogP contribution in [0.4, 0.5) is 10.1 Å². The van der Waals surface area contributed by atoms with Gasteiger partial charge in [-0.1, -0.05) is 12.1 Å². The van der Waals surface area contributed by atoms with Crippen LogP contribution in [0.1, 0.15) is 22.3 Å². The number of halogens is 1. The number of hydrogen-bond acceptors (Lipinski definition) is 4. The van der Waals surface area contributed by atoms with Crippen LogP contribution in [0.15, 0.2) is 35.2 Å². The minimum absolute atomic E-state index is 0.110. The van der Waals surface area contributed by atoms with Gasteiger partial charge in [0, 0.05) is 18.7 Å². The van der Waals surface area contributed by atoms with Crippen molar-refractivity contribution >= 4 is 15.7 Å². The molecule has 0 spiro atoms. The summed E-state index contributed by atoms with van der Waals surface area (Å²) in [5.41, 5.74) is 1.57. The number of nitrogens with one attached hydrogen (secondary N) is 1. The zero-order valence-corrected chi connectivity index (χ0v) is 14.3. The summed E-state index contributed by atoms with van der Waals surface area (Å²) in [6, 6.07) is 6.78. The lowest BCUT2D eigenvalue weighted by atomic mass is 10.1. The molecule has 0 bridgehead atoms. The molecule has 0 aromatic heterocycles. The molecule has 0 aliphatic heterocycles. The molecule has 0 atom stereocenters. The monoisotopic (exact) mass is 352 g/mol. The lowest BCUT2D eigenvalue weighted by Crippen LogP contribution is -2.24. The number of sulfonamides is 1. The summed E-state index contributed by atoms with van der Waals surface area (Å²) in [6.07, 6.45) is 0. The molecule has 8 heteroatoms. The van der Waals surface area contributed by atoms with Crippen molar-refractivity contribution in [3.05, 3.63) is 68.5 Å². The van der Waals surface area contributed by atoms with Gasteiger partial charge in [-0.15, -0.1) is 0 Å². The number of aryl methyl sites for hydroxylation is 2. The van der Waals surface area contributed by atoms with Crippen LogP contribution in [0.2, 0.25) is 0 Å². The van der Waals surface area contributed by atoms with Crippen LogP contribution in [0.3, 0.4) is 0 Å². The van der Waals surface area contributed by atoms with Crippen LogP contribution in [0.25, 0.3) is 0 Å². The second-order valence-corrected chi connectivity index (χ2v) is 7.29. The van der Waals surface area contributed by atoms with E-state index in [1.165, 1.54) is 12.1 Å². The molecule has 0 aliphatic rings. The molecule has 0 fully saturated rings. The maximum atomic E-state index is 13.5. The molecule has 128 valence electrons. The second-order valence-electron chi connectivity index (χ2n) is 5.55. The highest BCUT2D eigenvalue weighted by atomic mass is 32.2. The predicted octanol–water partition coefficient (Wildman–Crippen LogP) is 3.14. The summed E-state index contributed by atoms with van der Waals surface area (Å²) >= 11 is 0. The highest BCUT2D eigenvalue weighted by molar-refractivity contribution is 7.89. The van der Waals surface area contributed by atoms with Gasteiger partial charge in [0.1, 0.15) is 5.82 Å². The first kappa shape index (κ1) is 18.0. The van der Waals surface area contributed by atoms with Crippen LogP contribution in [-0.2, 0) is 16.6 Å². The van der Waals surface area contributed by atoms with Gasteiger partial charge in [-0.2, -0.15) is 0 Å². The van der Waals surface area contributed by atoms with Crippen molar-refractivity contribution in [2.45, 2.75) is 32.2 Å². The summed E-state index contributed by atoms with van der Waals surface area (Å²) in [5.74, 6) is -0.422. The number of hydrogen-bond donors (Lipinski definition) is 1. The Balaban J connectivity index is 2.33. The zero-order valence-electron chi connectivity index (χ0n) is 13.5. The van der Waals surface area contributed by atoms with E-state index < -0.39 is 20.8 Å². The first-order chi connectivity index (χ1) is 11.1. The highest BCUT2D eigenvalue weighted by Crippen LogP contribution is 2.25. The van der Waals surface area contributed by atoms with Crippen molar-refractivity contribution in [2.24, 2.45) is 0 Å². The molecule has 2 rings (SSSR count). The molecular formula is C16H17FN2O4S. The molecular weight excluding hydrogens is 335 g/mol. The normalized spacial score (nSPS) is 11.5. The SMILES string of the molecule is Cc1ccc(CNS(=O)(=O)c2cc([N+](=O)[O-])cc(C)c2C)cc1F. The molecule has 1 N–H and O–H groups in total. The van der Waals surface area contributed by atoms with E-state index in [1.54, 1.807) is 32.9 Å². The summed E-state index contributed by atoms with van der Waals surface area (Å²) in [4.78, 5) is 10.2. The average Bonchev–Trinajstić information content (AvgIpc) is 2.50. The maximum Gasteiger partial charge on any atom is 0.271 e. The van der Waals surface area contributed by atoms with Gasteiger partial charge in [0.15, 0.2) is 0 Å². The van der Waals surface area contributed by atoms with Crippen molar-refractivity contribution in [3.8, 4) is 0 Å². The Morgan fingerprint density at radius 2 is 1.79 bits per heavy atom. The van der Waals surface area contributed by atoms with Crippen LogP contribution in [-0.4, -0.2) is 13.3 Å². The van der Waals surface area contributed by atoms with Gasteiger partial charge in [0.2, 0.25) is 10.0 Å². The van der Waals surface area contributed by atoms with Crippen molar-refractivity contribution in [1.82, 2.24) is 4.72 Å². The van der Waals surface area contributed by atoms with E-state index in [9.17, 15) is 22.9 Å². The van der Waals surface area contributed by atoms with Crippen molar-refractivity contribution in [2.75, 3.05) is 0 Å². The topological polar surface area (TPSA) is 89.3 Å². The van der Waals surface area contributed by atoms with Gasteiger partial charge in [-0.05, 0) is 49.1 Å². The minimum Gasteiger partial charge on any atom is -0.258 e. The first-order valence-corrected chi connectivity index (χ1v) is 8.60. The third-order valence-electron chi connectivity index (χ3n) is 3.81. The molecule has 0 amide bonds. The number of nitro groups is 1. The lowest BCUT2D eigenvalue weighted by Gasteiger charge is -2.11. The van der Waals surface area contributed by atoms with Crippen molar-refractivity contribution < 1.29 is 17.7 Å². The molecule has 24 heavy (non-hydrogen) atoms. The Morgan fingerprint density at radius 3 is 2.38 bits per heavy atom. The number of nitro benzene ring substituents is 1. The van der Waals surface area contributed by atoms with Crippen LogP contribution in [0.5, 0.6) is 0 Å². The molecule has 2 aromatic carbocycles. The Hall–Kier alpha value is -2.32. The third-order valence-corrected chi connectivity index (χ3v) is 5.33. The molecule has 0 saturated heterocycles. The summed E-state index contributed by atoms with van der Waals surface area (Å²) in [7, 11) is -3.97. The van der Waals surface area contributed by atoms with Crippen molar-refractivity contribution in [1.29, 1.82) is 0 Å².